The molecule has 0 bridgehead atoms. The Morgan fingerprint density at radius 1 is 1.16 bits per heavy atom. The molecule has 0 spiro atoms. The first-order chi connectivity index (χ1) is 14.5. The lowest BCUT2D eigenvalue weighted by Gasteiger charge is -2.28. The number of pyridine rings is 1. The van der Waals surface area contributed by atoms with Gasteiger partial charge < -0.3 is 18.7 Å². The highest BCUT2D eigenvalue weighted by molar-refractivity contribution is 5.91. The summed E-state index contributed by atoms with van der Waals surface area (Å²) in [6, 6.07) is 1.71. The maximum Gasteiger partial charge on any atom is 0.425 e. The van der Waals surface area contributed by atoms with E-state index in [4.69, 9.17) is 9.05 Å². The van der Waals surface area contributed by atoms with E-state index in [2.05, 4.69) is 25.3 Å². The van der Waals surface area contributed by atoms with Gasteiger partial charge >= 0.3 is 6.18 Å². The number of imidazole rings is 1. The van der Waals surface area contributed by atoms with Gasteiger partial charge in [0.2, 0.25) is 5.60 Å². The number of nitrogens with zero attached hydrogens (tertiary/aromatic N) is 6. The zero-order valence-electron chi connectivity index (χ0n) is 17.1. The Bertz CT molecular complexity index is 1240. The van der Waals surface area contributed by atoms with E-state index < -0.39 is 24.0 Å². The molecule has 0 aliphatic heterocycles. The zero-order chi connectivity index (χ0) is 22.6. The van der Waals surface area contributed by atoms with Crippen molar-refractivity contribution >= 4 is 11.1 Å². The molecule has 0 saturated carbocycles. The maximum atomic E-state index is 13.8. The van der Waals surface area contributed by atoms with E-state index in [0.29, 0.717) is 22.3 Å². The van der Waals surface area contributed by atoms with Crippen molar-refractivity contribution in [2.24, 2.45) is 7.05 Å². The SMILES string of the molecule is Cc1noc2nc(C(C)C)cc(-c3nc(CC(O)(c4nccn4C)C(F)(F)F)no3)c12. The summed E-state index contributed by atoms with van der Waals surface area (Å²) in [6.07, 6.45) is -3.52. The van der Waals surface area contributed by atoms with Crippen LogP contribution >= 0.6 is 0 Å². The number of hydrogen-bond acceptors (Lipinski definition) is 8. The Kier molecular flexibility index (Phi) is 4.84. The summed E-state index contributed by atoms with van der Waals surface area (Å²) in [4.78, 5) is 12.2. The Morgan fingerprint density at radius 3 is 2.52 bits per heavy atom. The van der Waals surface area contributed by atoms with Crippen LogP contribution in [0.25, 0.3) is 22.6 Å². The third kappa shape index (κ3) is 3.46. The van der Waals surface area contributed by atoms with Crippen molar-refractivity contribution in [1.29, 1.82) is 0 Å². The van der Waals surface area contributed by atoms with E-state index in [1.165, 1.54) is 19.4 Å². The molecule has 164 valence electrons. The highest BCUT2D eigenvalue weighted by atomic mass is 19.4. The largest absolute Gasteiger partial charge is 0.425 e. The summed E-state index contributed by atoms with van der Waals surface area (Å²) >= 11 is 0. The van der Waals surface area contributed by atoms with Crippen LogP contribution in [0.3, 0.4) is 0 Å². The molecule has 0 fully saturated rings. The first kappa shape index (κ1) is 21.0. The third-order valence-electron chi connectivity index (χ3n) is 5.00. The van der Waals surface area contributed by atoms with Gasteiger partial charge in [-0.1, -0.05) is 24.2 Å². The van der Waals surface area contributed by atoms with E-state index in [1.54, 1.807) is 13.0 Å². The van der Waals surface area contributed by atoms with E-state index in [9.17, 15) is 18.3 Å². The molecular weight excluding hydrogens is 417 g/mol. The van der Waals surface area contributed by atoms with Gasteiger partial charge in [0.1, 0.15) is 0 Å². The Morgan fingerprint density at radius 2 is 1.90 bits per heavy atom. The second-order valence-corrected chi connectivity index (χ2v) is 7.61. The van der Waals surface area contributed by atoms with Crippen LogP contribution in [0, 0.1) is 6.92 Å². The van der Waals surface area contributed by atoms with Gasteiger partial charge in [-0.3, -0.25) is 0 Å². The maximum absolute atomic E-state index is 13.8. The van der Waals surface area contributed by atoms with Crippen molar-refractivity contribution in [2.45, 2.75) is 44.9 Å². The first-order valence-corrected chi connectivity index (χ1v) is 9.38. The highest BCUT2D eigenvalue weighted by Gasteiger charge is 2.58. The van der Waals surface area contributed by atoms with Gasteiger partial charge in [0.05, 0.1) is 23.1 Å². The molecule has 4 heterocycles. The lowest BCUT2D eigenvalue weighted by Crippen LogP contribution is -2.46. The van der Waals surface area contributed by atoms with Crippen molar-refractivity contribution in [1.82, 2.24) is 29.8 Å². The molecule has 0 aliphatic carbocycles. The second-order valence-electron chi connectivity index (χ2n) is 7.61. The van der Waals surface area contributed by atoms with Gasteiger partial charge in [0.25, 0.3) is 11.6 Å². The summed E-state index contributed by atoms with van der Waals surface area (Å²) in [7, 11) is 1.36. The standard InChI is InChI=1S/C19H19F3N6O3/c1-9(2)12-7-11(14-10(3)26-31-16(14)24-12)15-25-13(27-30-15)8-18(29,19(20,21)22)17-23-5-6-28(17)4/h5-7,9,29H,8H2,1-4H3. The Hall–Kier alpha value is -3.28. The van der Waals surface area contributed by atoms with Crippen LogP contribution in [0.1, 0.15) is 42.8 Å². The zero-order valence-corrected chi connectivity index (χ0v) is 17.1. The van der Waals surface area contributed by atoms with E-state index in [1.807, 2.05) is 13.8 Å². The topological polar surface area (TPSA) is 116 Å². The molecular formula is C19H19F3N6O3. The van der Waals surface area contributed by atoms with E-state index in [-0.39, 0.29) is 23.3 Å². The lowest BCUT2D eigenvalue weighted by atomic mass is 9.97. The molecule has 4 aromatic heterocycles. The number of rotatable bonds is 5. The minimum Gasteiger partial charge on any atom is -0.374 e. The average molecular weight is 436 g/mol. The summed E-state index contributed by atoms with van der Waals surface area (Å²) in [5.41, 5.74) is -1.40. The van der Waals surface area contributed by atoms with Gasteiger partial charge in [-0.05, 0) is 18.9 Å². The summed E-state index contributed by atoms with van der Waals surface area (Å²) in [5.74, 6) is -0.896. The first-order valence-electron chi connectivity index (χ1n) is 9.38. The highest BCUT2D eigenvalue weighted by Crippen LogP contribution is 2.40. The molecule has 0 radical (unpaired) electrons. The fraction of sp³-hybridized carbons (Fsp3) is 0.421. The van der Waals surface area contributed by atoms with Gasteiger partial charge in [0.15, 0.2) is 11.6 Å². The number of halogens is 3. The second kappa shape index (κ2) is 7.15. The Balaban J connectivity index is 1.78. The van der Waals surface area contributed by atoms with Crippen molar-refractivity contribution in [3.8, 4) is 11.5 Å². The van der Waals surface area contributed by atoms with Crippen LogP contribution in [0.4, 0.5) is 13.2 Å². The molecule has 12 heteroatoms. The molecule has 0 amide bonds. The van der Waals surface area contributed by atoms with Crippen LogP contribution < -0.4 is 0 Å². The predicted molar refractivity (Wildman–Crippen MR) is 101 cm³/mol. The number of fused-ring (bicyclic) bond motifs is 1. The number of alkyl halides is 3. The van der Waals surface area contributed by atoms with Crippen LogP contribution in [0.5, 0.6) is 0 Å². The van der Waals surface area contributed by atoms with Crippen molar-refractivity contribution in [2.75, 3.05) is 0 Å². The quantitative estimate of drug-likeness (QED) is 0.506. The fourth-order valence-electron chi connectivity index (χ4n) is 3.31. The van der Waals surface area contributed by atoms with E-state index >= 15 is 0 Å². The number of aliphatic hydroxyl groups is 1. The number of hydrogen-bond donors (Lipinski definition) is 1. The van der Waals surface area contributed by atoms with E-state index in [0.717, 1.165) is 4.57 Å². The van der Waals surface area contributed by atoms with Gasteiger partial charge in [0, 0.05) is 25.1 Å². The van der Waals surface area contributed by atoms with Gasteiger partial charge in [-0.15, -0.1) is 0 Å². The molecule has 0 aromatic carbocycles. The van der Waals surface area contributed by atoms with Gasteiger partial charge in [-0.25, -0.2) is 9.97 Å². The van der Waals surface area contributed by atoms with Crippen LogP contribution in [-0.2, 0) is 19.1 Å². The predicted octanol–water partition coefficient (Wildman–Crippen LogP) is 3.43. The van der Waals surface area contributed by atoms with Gasteiger partial charge in [-0.2, -0.15) is 18.2 Å². The van der Waals surface area contributed by atoms with Crippen LogP contribution in [0.15, 0.2) is 27.5 Å². The molecule has 4 aromatic rings. The molecule has 1 unspecified atom stereocenters. The molecule has 1 N–H and O–H groups in total. The molecule has 1 atom stereocenters. The van der Waals surface area contributed by atoms with Crippen LogP contribution in [0.2, 0.25) is 0 Å². The monoisotopic (exact) mass is 436 g/mol. The van der Waals surface area contributed by atoms with Crippen LogP contribution in [-0.4, -0.2) is 41.1 Å². The molecule has 31 heavy (non-hydrogen) atoms. The van der Waals surface area contributed by atoms with Crippen molar-refractivity contribution in [3.05, 3.63) is 41.5 Å². The fourth-order valence-corrected chi connectivity index (χ4v) is 3.31. The average Bonchev–Trinajstić information content (AvgIpc) is 3.41. The smallest absolute Gasteiger partial charge is 0.374 e. The minimum atomic E-state index is -5.02. The normalized spacial score (nSPS) is 14.5. The summed E-state index contributed by atoms with van der Waals surface area (Å²) < 4.78 is 53.0. The number of aryl methyl sites for hydroxylation is 2. The van der Waals surface area contributed by atoms with Crippen molar-refractivity contribution < 1.29 is 27.3 Å². The molecule has 9 nitrogen and oxygen atoms in total. The molecule has 4 rings (SSSR count). The lowest BCUT2D eigenvalue weighted by molar-refractivity contribution is -0.270. The molecule has 0 aliphatic rings. The molecule has 0 saturated heterocycles. The summed E-state index contributed by atoms with van der Waals surface area (Å²) in [5, 5.41) is 18.6. The van der Waals surface area contributed by atoms with Crippen molar-refractivity contribution in [3.63, 3.8) is 0 Å². The summed E-state index contributed by atoms with van der Waals surface area (Å²) in [6.45, 7) is 5.56. The third-order valence-corrected chi connectivity index (χ3v) is 5.00. The number of aromatic nitrogens is 6. The minimum absolute atomic E-state index is 0.0278. The Labute approximate surface area is 173 Å².